The molecular formula is C14H20N2O. The molecule has 0 spiro atoms. The van der Waals surface area contributed by atoms with E-state index in [2.05, 4.69) is 16.4 Å². The fourth-order valence-electron chi connectivity index (χ4n) is 2.26. The van der Waals surface area contributed by atoms with Crippen LogP contribution in [0, 0.1) is 6.92 Å². The lowest BCUT2D eigenvalue weighted by Crippen LogP contribution is -2.25. The summed E-state index contributed by atoms with van der Waals surface area (Å²) in [4.78, 5) is 14.8. The first-order valence-corrected chi connectivity index (χ1v) is 6.37. The molecule has 0 aliphatic heterocycles. The van der Waals surface area contributed by atoms with Gasteiger partial charge in [0.1, 0.15) is 0 Å². The van der Waals surface area contributed by atoms with Gasteiger partial charge in [0.15, 0.2) is 0 Å². The van der Waals surface area contributed by atoms with Crippen molar-refractivity contribution in [3.05, 3.63) is 35.2 Å². The predicted molar refractivity (Wildman–Crippen MR) is 69.0 cm³/mol. The molecule has 0 fully saturated rings. The normalized spacial score (nSPS) is 15.5. The zero-order valence-electron chi connectivity index (χ0n) is 10.4. The van der Waals surface area contributed by atoms with E-state index in [1.807, 2.05) is 13.0 Å². The van der Waals surface area contributed by atoms with E-state index >= 15 is 0 Å². The third kappa shape index (κ3) is 3.22. The summed E-state index contributed by atoms with van der Waals surface area (Å²) in [6.07, 6.45) is 10.2. The SMILES string of the molecule is Cc1[nH]ccc1C(=O)NCCC1=CCCCC1. The van der Waals surface area contributed by atoms with Crippen LogP contribution in [0.3, 0.4) is 0 Å². The van der Waals surface area contributed by atoms with E-state index in [9.17, 15) is 4.79 Å². The molecule has 1 aromatic rings. The molecule has 0 unspecified atom stereocenters. The molecule has 3 nitrogen and oxygen atoms in total. The van der Waals surface area contributed by atoms with Crippen molar-refractivity contribution in [1.29, 1.82) is 0 Å². The van der Waals surface area contributed by atoms with E-state index in [0.29, 0.717) is 0 Å². The Bertz CT molecular complexity index is 418. The molecule has 0 aromatic carbocycles. The number of carbonyl (C=O) groups is 1. The number of carbonyl (C=O) groups excluding carboxylic acids is 1. The maximum atomic E-state index is 11.8. The van der Waals surface area contributed by atoms with Crippen molar-refractivity contribution in [3.8, 4) is 0 Å². The minimum atomic E-state index is 0.0279. The van der Waals surface area contributed by atoms with Crippen molar-refractivity contribution >= 4 is 5.91 Å². The largest absolute Gasteiger partial charge is 0.365 e. The van der Waals surface area contributed by atoms with Crippen molar-refractivity contribution in [2.24, 2.45) is 0 Å². The predicted octanol–water partition coefficient (Wildman–Crippen LogP) is 2.94. The molecule has 0 saturated carbocycles. The minimum absolute atomic E-state index is 0.0279. The van der Waals surface area contributed by atoms with Gasteiger partial charge < -0.3 is 10.3 Å². The van der Waals surface area contributed by atoms with Gasteiger partial charge in [-0.05, 0) is 45.1 Å². The zero-order valence-corrected chi connectivity index (χ0v) is 10.4. The molecule has 3 heteroatoms. The van der Waals surface area contributed by atoms with Gasteiger partial charge in [0.05, 0.1) is 5.56 Å². The van der Waals surface area contributed by atoms with E-state index in [0.717, 1.165) is 24.2 Å². The van der Waals surface area contributed by atoms with E-state index in [-0.39, 0.29) is 5.91 Å². The Morgan fingerprint density at radius 3 is 3.00 bits per heavy atom. The average molecular weight is 232 g/mol. The Morgan fingerprint density at radius 2 is 2.35 bits per heavy atom. The van der Waals surface area contributed by atoms with Crippen molar-refractivity contribution < 1.29 is 4.79 Å². The number of hydrogen-bond acceptors (Lipinski definition) is 1. The molecule has 1 amide bonds. The number of aryl methyl sites for hydroxylation is 1. The van der Waals surface area contributed by atoms with Crippen LogP contribution in [0.25, 0.3) is 0 Å². The minimum Gasteiger partial charge on any atom is -0.365 e. The Kier molecular flexibility index (Phi) is 4.02. The van der Waals surface area contributed by atoms with Crippen LogP contribution in [0.15, 0.2) is 23.9 Å². The number of aromatic amines is 1. The highest BCUT2D eigenvalue weighted by Crippen LogP contribution is 2.19. The summed E-state index contributed by atoms with van der Waals surface area (Å²) in [5, 5.41) is 2.97. The number of hydrogen-bond donors (Lipinski definition) is 2. The monoisotopic (exact) mass is 232 g/mol. The van der Waals surface area contributed by atoms with Gasteiger partial charge in [-0.3, -0.25) is 4.79 Å². The summed E-state index contributed by atoms with van der Waals surface area (Å²) in [5.74, 6) is 0.0279. The first-order valence-electron chi connectivity index (χ1n) is 6.37. The van der Waals surface area contributed by atoms with Crippen molar-refractivity contribution in [2.45, 2.75) is 39.0 Å². The van der Waals surface area contributed by atoms with E-state index in [1.165, 1.54) is 31.3 Å². The molecule has 0 atom stereocenters. The summed E-state index contributed by atoms with van der Waals surface area (Å²) >= 11 is 0. The molecule has 17 heavy (non-hydrogen) atoms. The van der Waals surface area contributed by atoms with Crippen LogP contribution in [0.4, 0.5) is 0 Å². The summed E-state index contributed by atoms with van der Waals surface area (Å²) < 4.78 is 0. The lowest BCUT2D eigenvalue weighted by Gasteiger charge is -2.12. The Labute approximate surface area is 102 Å². The molecule has 0 radical (unpaired) electrons. The molecule has 1 heterocycles. The molecule has 1 aliphatic carbocycles. The highest BCUT2D eigenvalue weighted by Gasteiger charge is 2.09. The molecule has 1 aliphatic rings. The maximum Gasteiger partial charge on any atom is 0.253 e. The standard InChI is InChI=1S/C14H20N2O/c1-11-13(8-10-15-11)14(17)16-9-7-12-5-3-2-4-6-12/h5,8,10,15H,2-4,6-7,9H2,1H3,(H,16,17). The van der Waals surface area contributed by atoms with Crippen LogP contribution < -0.4 is 5.32 Å². The number of aromatic nitrogens is 1. The van der Waals surface area contributed by atoms with Crippen molar-refractivity contribution in [1.82, 2.24) is 10.3 Å². The van der Waals surface area contributed by atoms with Gasteiger partial charge in [0.25, 0.3) is 5.91 Å². The van der Waals surface area contributed by atoms with Crippen molar-refractivity contribution in [2.75, 3.05) is 6.54 Å². The second kappa shape index (κ2) is 5.71. The molecule has 2 N–H and O–H groups in total. The summed E-state index contributed by atoms with van der Waals surface area (Å²) in [6.45, 7) is 2.66. The van der Waals surface area contributed by atoms with Crippen LogP contribution >= 0.6 is 0 Å². The van der Waals surface area contributed by atoms with Crippen LogP contribution in [0.2, 0.25) is 0 Å². The van der Waals surface area contributed by atoms with E-state index in [4.69, 9.17) is 0 Å². The Hall–Kier alpha value is -1.51. The molecular weight excluding hydrogens is 212 g/mol. The van der Waals surface area contributed by atoms with Crippen molar-refractivity contribution in [3.63, 3.8) is 0 Å². The molecule has 2 rings (SSSR count). The lowest BCUT2D eigenvalue weighted by molar-refractivity contribution is 0.0953. The van der Waals surface area contributed by atoms with Gasteiger partial charge in [-0.2, -0.15) is 0 Å². The van der Waals surface area contributed by atoms with E-state index in [1.54, 1.807) is 6.20 Å². The third-order valence-corrected chi connectivity index (χ3v) is 3.32. The zero-order chi connectivity index (χ0) is 12.1. The van der Waals surface area contributed by atoms with Gasteiger partial charge in [-0.15, -0.1) is 0 Å². The van der Waals surface area contributed by atoms with Gasteiger partial charge in [0, 0.05) is 18.4 Å². The number of H-pyrrole nitrogens is 1. The highest BCUT2D eigenvalue weighted by atomic mass is 16.1. The van der Waals surface area contributed by atoms with Gasteiger partial charge >= 0.3 is 0 Å². The number of allylic oxidation sites excluding steroid dienone is 1. The Morgan fingerprint density at radius 1 is 1.47 bits per heavy atom. The summed E-state index contributed by atoms with van der Waals surface area (Å²) in [7, 11) is 0. The van der Waals surface area contributed by atoms with Gasteiger partial charge in [0.2, 0.25) is 0 Å². The van der Waals surface area contributed by atoms with Gasteiger partial charge in [-0.25, -0.2) is 0 Å². The second-order valence-corrected chi connectivity index (χ2v) is 4.63. The lowest BCUT2D eigenvalue weighted by atomic mass is 9.97. The Balaban J connectivity index is 1.77. The smallest absolute Gasteiger partial charge is 0.253 e. The van der Waals surface area contributed by atoms with Gasteiger partial charge in [-0.1, -0.05) is 11.6 Å². The van der Waals surface area contributed by atoms with Crippen LogP contribution in [0.5, 0.6) is 0 Å². The molecule has 0 saturated heterocycles. The second-order valence-electron chi connectivity index (χ2n) is 4.63. The molecule has 0 bridgehead atoms. The van der Waals surface area contributed by atoms with E-state index < -0.39 is 0 Å². The number of nitrogens with one attached hydrogen (secondary N) is 2. The van der Waals surface area contributed by atoms with Crippen LogP contribution in [-0.4, -0.2) is 17.4 Å². The summed E-state index contributed by atoms with van der Waals surface area (Å²) in [5.41, 5.74) is 3.18. The fourth-order valence-corrected chi connectivity index (χ4v) is 2.26. The summed E-state index contributed by atoms with van der Waals surface area (Å²) in [6, 6.07) is 1.82. The van der Waals surface area contributed by atoms with Crippen LogP contribution in [-0.2, 0) is 0 Å². The quantitative estimate of drug-likeness (QED) is 0.770. The first kappa shape index (κ1) is 12.0. The topological polar surface area (TPSA) is 44.9 Å². The number of amides is 1. The highest BCUT2D eigenvalue weighted by molar-refractivity contribution is 5.95. The molecule has 92 valence electrons. The third-order valence-electron chi connectivity index (χ3n) is 3.32. The van der Waals surface area contributed by atoms with Crippen LogP contribution in [0.1, 0.15) is 48.2 Å². The maximum absolute atomic E-state index is 11.8. The average Bonchev–Trinajstić information content (AvgIpc) is 2.77. The first-order chi connectivity index (χ1) is 8.27. The fraction of sp³-hybridized carbons (Fsp3) is 0.500. The molecule has 1 aromatic heterocycles. The number of rotatable bonds is 4.